The monoisotopic (exact) mass is 141 g/mol. The van der Waals surface area contributed by atoms with Crippen LogP contribution >= 0.6 is 0 Å². The Hall–Kier alpha value is -0.0800. The molecule has 0 unspecified atom stereocenters. The molecule has 2 bridgehead atoms. The summed E-state index contributed by atoms with van der Waals surface area (Å²) in [6.45, 7) is 1.59. The van der Waals surface area contributed by atoms with Gasteiger partial charge in [-0.05, 0) is 37.6 Å². The minimum absolute atomic E-state index is 0.398. The molecule has 2 rings (SSSR count). The topological polar surface area (TPSA) is 32.3 Å². The van der Waals surface area contributed by atoms with E-state index in [0.717, 1.165) is 12.0 Å². The van der Waals surface area contributed by atoms with Gasteiger partial charge >= 0.3 is 0 Å². The fourth-order valence-corrected chi connectivity index (χ4v) is 2.38. The Balaban J connectivity index is 1.96. The van der Waals surface area contributed by atoms with E-state index >= 15 is 0 Å². The van der Waals surface area contributed by atoms with Crippen LogP contribution in [0.1, 0.15) is 19.3 Å². The van der Waals surface area contributed by atoms with Crippen LogP contribution in [0.5, 0.6) is 0 Å². The predicted octanol–water partition coefficient (Wildman–Crippen LogP) is 0.367. The molecule has 1 heterocycles. The van der Waals surface area contributed by atoms with Crippen molar-refractivity contribution >= 4 is 0 Å². The molecule has 2 fully saturated rings. The summed E-state index contributed by atoms with van der Waals surface area (Å²) in [4.78, 5) is 0. The van der Waals surface area contributed by atoms with E-state index in [1.807, 2.05) is 0 Å². The number of aliphatic hydroxyl groups is 1. The highest BCUT2D eigenvalue weighted by Gasteiger charge is 2.32. The Labute approximate surface area is 61.6 Å². The molecule has 0 radical (unpaired) electrons. The van der Waals surface area contributed by atoms with E-state index < -0.39 is 0 Å². The molecule has 1 aliphatic carbocycles. The van der Waals surface area contributed by atoms with E-state index in [2.05, 4.69) is 5.32 Å². The van der Waals surface area contributed by atoms with Gasteiger partial charge in [-0.1, -0.05) is 0 Å². The summed E-state index contributed by atoms with van der Waals surface area (Å²) in [5.74, 6) is 1.47. The van der Waals surface area contributed by atoms with Gasteiger partial charge in [-0.15, -0.1) is 0 Å². The molecule has 58 valence electrons. The van der Waals surface area contributed by atoms with Gasteiger partial charge in [-0.2, -0.15) is 0 Å². The van der Waals surface area contributed by atoms with Crippen LogP contribution in [0, 0.1) is 11.8 Å². The lowest BCUT2D eigenvalue weighted by Crippen LogP contribution is -2.26. The van der Waals surface area contributed by atoms with Crippen molar-refractivity contribution in [1.29, 1.82) is 0 Å². The first-order valence-corrected chi connectivity index (χ1v) is 4.22. The Morgan fingerprint density at radius 3 is 2.90 bits per heavy atom. The third-order valence-electron chi connectivity index (χ3n) is 2.86. The first kappa shape index (κ1) is 6.62. The zero-order valence-electron chi connectivity index (χ0n) is 6.21. The minimum atomic E-state index is 0.398. The van der Waals surface area contributed by atoms with E-state index in [4.69, 9.17) is 5.11 Å². The number of hydrogen-bond acceptors (Lipinski definition) is 2. The second-order valence-corrected chi connectivity index (χ2v) is 3.73. The Bertz CT molecular complexity index is 114. The van der Waals surface area contributed by atoms with Gasteiger partial charge in [-0.3, -0.25) is 0 Å². The molecule has 2 heteroatoms. The average Bonchev–Trinajstić information content (AvgIpc) is 2.30. The van der Waals surface area contributed by atoms with Crippen LogP contribution in [0.25, 0.3) is 0 Å². The number of aliphatic hydroxyl groups excluding tert-OH is 1. The van der Waals surface area contributed by atoms with E-state index in [1.54, 1.807) is 0 Å². The molecule has 10 heavy (non-hydrogen) atoms. The summed E-state index contributed by atoms with van der Waals surface area (Å²) in [7, 11) is 0. The largest absolute Gasteiger partial charge is 0.396 e. The SMILES string of the molecule is OC[C@@H]1C[C@H]2CN[C@@H](C1)C2. The van der Waals surface area contributed by atoms with Crippen LogP contribution in [0.15, 0.2) is 0 Å². The molecular formula is C8H15NO. The second-order valence-electron chi connectivity index (χ2n) is 3.73. The molecule has 1 saturated heterocycles. The number of hydrogen-bond donors (Lipinski definition) is 2. The maximum atomic E-state index is 8.93. The highest BCUT2D eigenvalue weighted by Crippen LogP contribution is 2.32. The zero-order chi connectivity index (χ0) is 6.97. The van der Waals surface area contributed by atoms with Crippen molar-refractivity contribution in [3.8, 4) is 0 Å². The predicted molar refractivity (Wildman–Crippen MR) is 39.7 cm³/mol. The van der Waals surface area contributed by atoms with Crippen LogP contribution in [-0.2, 0) is 0 Å². The molecule has 0 aromatic carbocycles. The molecule has 0 aromatic rings. The highest BCUT2D eigenvalue weighted by atomic mass is 16.3. The van der Waals surface area contributed by atoms with E-state index in [9.17, 15) is 0 Å². The van der Waals surface area contributed by atoms with E-state index in [1.165, 1.54) is 25.8 Å². The van der Waals surface area contributed by atoms with Crippen molar-refractivity contribution in [2.45, 2.75) is 25.3 Å². The van der Waals surface area contributed by atoms with Crippen molar-refractivity contribution in [3.05, 3.63) is 0 Å². The van der Waals surface area contributed by atoms with Gasteiger partial charge in [-0.25, -0.2) is 0 Å². The van der Waals surface area contributed by atoms with Crippen molar-refractivity contribution in [2.24, 2.45) is 11.8 Å². The molecule has 3 atom stereocenters. The van der Waals surface area contributed by atoms with Gasteiger partial charge in [0.2, 0.25) is 0 Å². The van der Waals surface area contributed by atoms with Crippen LogP contribution in [0.3, 0.4) is 0 Å². The maximum Gasteiger partial charge on any atom is 0.0459 e. The van der Waals surface area contributed by atoms with Crippen LogP contribution in [0.4, 0.5) is 0 Å². The molecule has 0 amide bonds. The normalized spacial score (nSPS) is 45.9. The first-order valence-electron chi connectivity index (χ1n) is 4.22. The summed E-state index contributed by atoms with van der Waals surface area (Å²) in [5, 5.41) is 12.4. The summed E-state index contributed by atoms with van der Waals surface area (Å²) in [5.41, 5.74) is 0. The summed E-state index contributed by atoms with van der Waals surface area (Å²) in [6.07, 6.45) is 3.81. The number of nitrogens with one attached hydrogen (secondary N) is 1. The van der Waals surface area contributed by atoms with Gasteiger partial charge in [0.1, 0.15) is 0 Å². The van der Waals surface area contributed by atoms with Crippen molar-refractivity contribution in [1.82, 2.24) is 5.32 Å². The minimum Gasteiger partial charge on any atom is -0.396 e. The summed E-state index contributed by atoms with van der Waals surface area (Å²) < 4.78 is 0. The average molecular weight is 141 g/mol. The molecule has 0 aromatic heterocycles. The zero-order valence-corrected chi connectivity index (χ0v) is 6.21. The highest BCUT2D eigenvalue weighted by molar-refractivity contribution is 4.89. The second kappa shape index (κ2) is 2.51. The Kier molecular flexibility index (Phi) is 1.66. The fraction of sp³-hybridized carbons (Fsp3) is 1.00. The van der Waals surface area contributed by atoms with Gasteiger partial charge in [0.15, 0.2) is 0 Å². The van der Waals surface area contributed by atoms with Crippen molar-refractivity contribution in [2.75, 3.05) is 13.2 Å². The lowest BCUT2D eigenvalue weighted by molar-refractivity contribution is 0.171. The third kappa shape index (κ3) is 1.06. The Morgan fingerprint density at radius 2 is 2.20 bits per heavy atom. The molecule has 2 N–H and O–H groups in total. The van der Waals surface area contributed by atoms with Crippen LogP contribution in [-0.4, -0.2) is 24.3 Å². The molecule has 0 spiro atoms. The lowest BCUT2D eigenvalue weighted by atomic mass is 9.82. The number of fused-ring (bicyclic) bond motifs is 2. The molecule has 1 saturated carbocycles. The molecule has 1 aliphatic heterocycles. The number of rotatable bonds is 1. The molecule has 2 nitrogen and oxygen atoms in total. The van der Waals surface area contributed by atoms with Gasteiger partial charge in [0.05, 0.1) is 0 Å². The van der Waals surface area contributed by atoms with E-state index in [-0.39, 0.29) is 0 Å². The third-order valence-corrected chi connectivity index (χ3v) is 2.86. The first-order chi connectivity index (χ1) is 4.88. The fourth-order valence-electron chi connectivity index (χ4n) is 2.38. The molecule has 2 aliphatic rings. The Morgan fingerprint density at radius 1 is 1.30 bits per heavy atom. The quantitative estimate of drug-likeness (QED) is 0.553. The standard InChI is InChI=1S/C8H15NO/c10-5-7-1-6-2-8(3-7)9-4-6/h6-10H,1-5H2/t6-,7-,8-/m1/s1. The maximum absolute atomic E-state index is 8.93. The smallest absolute Gasteiger partial charge is 0.0459 e. The van der Waals surface area contributed by atoms with Gasteiger partial charge in [0, 0.05) is 12.6 Å². The van der Waals surface area contributed by atoms with Crippen molar-refractivity contribution < 1.29 is 5.11 Å². The summed E-state index contributed by atoms with van der Waals surface area (Å²) >= 11 is 0. The molecular weight excluding hydrogens is 126 g/mol. The lowest BCUT2D eigenvalue weighted by Gasteiger charge is -2.24. The van der Waals surface area contributed by atoms with Crippen LogP contribution in [0.2, 0.25) is 0 Å². The van der Waals surface area contributed by atoms with Crippen LogP contribution < -0.4 is 5.32 Å². The van der Waals surface area contributed by atoms with Crippen molar-refractivity contribution in [3.63, 3.8) is 0 Å². The van der Waals surface area contributed by atoms with Gasteiger partial charge in [0.25, 0.3) is 0 Å². The van der Waals surface area contributed by atoms with E-state index in [0.29, 0.717) is 12.5 Å². The van der Waals surface area contributed by atoms with Gasteiger partial charge < -0.3 is 10.4 Å². The summed E-state index contributed by atoms with van der Waals surface area (Å²) in [6, 6.07) is 0.732.